The van der Waals surface area contributed by atoms with E-state index in [2.05, 4.69) is 20.8 Å². The summed E-state index contributed by atoms with van der Waals surface area (Å²) in [6.07, 6.45) is 1.21. The number of aromatic hydroxyl groups is 1. The Hall–Kier alpha value is -1.68. The van der Waals surface area contributed by atoms with Gasteiger partial charge in [-0.3, -0.25) is 0 Å². The molecule has 2 N–H and O–H groups in total. The van der Waals surface area contributed by atoms with Crippen LogP contribution in [0.4, 0.5) is 5.82 Å². The Bertz CT molecular complexity index is 675. The molecule has 0 unspecified atom stereocenters. The third-order valence-corrected chi connectivity index (χ3v) is 3.66. The number of nitriles is 1. The van der Waals surface area contributed by atoms with Crippen LogP contribution in [0, 0.1) is 11.3 Å². The minimum Gasteiger partial charge on any atom is -0.503 e. The van der Waals surface area contributed by atoms with Crippen molar-refractivity contribution in [3.05, 3.63) is 45.8 Å². The van der Waals surface area contributed by atoms with Gasteiger partial charge in [0, 0.05) is 10.8 Å². The van der Waals surface area contributed by atoms with E-state index >= 15 is 0 Å². The van der Waals surface area contributed by atoms with Gasteiger partial charge in [0.2, 0.25) is 5.28 Å². The predicted octanol–water partition coefficient (Wildman–Crippen LogP) is 3.62. The van der Waals surface area contributed by atoms with Crippen LogP contribution >= 0.6 is 35.1 Å². The molecule has 8 heteroatoms. The summed E-state index contributed by atoms with van der Waals surface area (Å²) in [6, 6.07) is 7.09. The summed E-state index contributed by atoms with van der Waals surface area (Å²) in [6.45, 7) is 0. The molecule has 102 valence electrons. The van der Waals surface area contributed by atoms with Crippen molar-refractivity contribution < 1.29 is 5.11 Å². The molecular formula is C12H8Cl2N4OS. The summed E-state index contributed by atoms with van der Waals surface area (Å²) in [5.74, 6) is 0.622. The van der Waals surface area contributed by atoms with Crippen LogP contribution in [-0.4, -0.2) is 15.1 Å². The second-order valence-corrected chi connectivity index (χ2v) is 5.21. The van der Waals surface area contributed by atoms with Crippen molar-refractivity contribution in [3.8, 4) is 11.8 Å². The molecule has 0 saturated carbocycles. The van der Waals surface area contributed by atoms with E-state index in [4.69, 9.17) is 28.5 Å². The molecular weight excluding hydrogens is 319 g/mol. The Morgan fingerprint density at radius 1 is 1.40 bits per heavy atom. The largest absolute Gasteiger partial charge is 0.503 e. The van der Waals surface area contributed by atoms with Crippen molar-refractivity contribution in [1.82, 2.24) is 9.97 Å². The molecule has 0 bridgehead atoms. The Labute approximate surface area is 129 Å². The quantitative estimate of drug-likeness (QED) is 0.659. The molecule has 1 heterocycles. The van der Waals surface area contributed by atoms with E-state index in [-0.39, 0.29) is 16.9 Å². The summed E-state index contributed by atoms with van der Waals surface area (Å²) >= 11 is 12.9. The SMILES string of the molecule is N#Cc1ccc(Cl)c(CSNc2nc(Cl)ncc2O)c1. The number of halogens is 2. The number of hydrogen-bond donors (Lipinski definition) is 2. The maximum absolute atomic E-state index is 9.54. The average Bonchev–Trinajstić information content (AvgIpc) is 2.44. The fourth-order valence-electron chi connectivity index (χ4n) is 1.37. The van der Waals surface area contributed by atoms with E-state index in [1.54, 1.807) is 18.2 Å². The van der Waals surface area contributed by atoms with Gasteiger partial charge in [-0.25, -0.2) is 4.98 Å². The molecule has 1 aromatic carbocycles. The first-order chi connectivity index (χ1) is 9.60. The number of nitrogens with one attached hydrogen (secondary N) is 1. The Morgan fingerprint density at radius 3 is 2.95 bits per heavy atom. The zero-order chi connectivity index (χ0) is 14.5. The lowest BCUT2D eigenvalue weighted by atomic mass is 10.1. The molecule has 0 aliphatic heterocycles. The lowest BCUT2D eigenvalue weighted by Gasteiger charge is -2.07. The van der Waals surface area contributed by atoms with Crippen LogP contribution in [0.3, 0.4) is 0 Å². The van der Waals surface area contributed by atoms with Crippen LogP contribution in [0.15, 0.2) is 24.4 Å². The first-order valence-corrected chi connectivity index (χ1v) is 7.12. The smallest absolute Gasteiger partial charge is 0.224 e. The first-order valence-electron chi connectivity index (χ1n) is 5.38. The number of hydrogen-bond acceptors (Lipinski definition) is 6. The lowest BCUT2D eigenvalue weighted by molar-refractivity contribution is 0.473. The van der Waals surface area contributed by atoms with Crippen LogP contribution in [0.2, 0.25) is 10.3 Å². The standard InChI is InChI=1S/C12H8Cl2N4OS/c13-9-2-1-7(4-15)3-8(9)6-20-18-11-10(19)5-16-12(14)17-11/h1-3,5,19H,6H2,(H,16,17,18). The van der Waals surface area contributed by atoms with Crippen LogP contribution < -0.4 is 4.72 Å². The molecule has 2 rings (SSSR count). The van der Waals surface area contributed by atoms with Gasteiger partial charge in [0.25, 0.3) is 0 Å². The van der Waals surface area contributed by atoms with E-state index < -0.39 is 0 Å². The molecule has 20 heavy (non-hydrogen) atoms. The number of anilines is 1. The monoisotopic (exact) mass is 326 g/mol. The summed E-state index contributed by atoms with van der Waals surface area (Å²) in [5.41, 5.74) is 1.35. The number of rotatable bonds is 4. The van der Waals surface area contributed by atoms with Crippen molar-refractivity contribution in [2.45, 2.75) is 5.75 Å². The second-order valence-electron chi connectivity index (χ2n) is 3.68. The van der Waals surface area contributed by atoms with Gasteiger partial charge in [-0.2, -0.15) is 10.2 Å². The number of benzene rings is 1. The highest BCUT2D eigenvalue weighted by Gasteiger charge is 2.06. The molecule has 2 aromatic rings. The third kappa shape index (κ3) is 3.67. The molecule has 0 spiro atoms. The summed E-state index contributed by atoms with van der Waals surface area (Å²) < 4.78 is 2.86. The van der Waals surface area contributed by atoms with Gasteiger partial charge in [0.15, 0.2) is 11.6 Å². The minimum atomic E-state index is -0.0984. The van der Waals surface area contributed by atoms with E-state index in [0.717, 1.165) is 5.56 Å². The van der Waals surface area contributed by atoms with Gasteiger partial charge in [-0.05, 0) is 47.3 Å². The van der Waals surface area contributed by atoms with Crippen molar-refractivity contribution in [1.29, 1.82) is 5.26 Å². The molecule has 0 aliphatic rings. The predicted molar refractivity (Wildman–Crippen MR) is 79.8 cm³/mol. The van der Waals surface area contributed by atoms with Gasteiger partial charge in [0.1, 0.15) is 0 Å². The number of nitrogens with zero attached hydrogens (tertiary/aromatic N) is 3. The summed E-state index contributed by atoms with van der Waals surface area (Å²) in [4.78, 5) is 7.49. The van der Waals surface area contributed by atoms with Crippen molar-refractivity contribution in [2.24, 2.45) is 0 Å². The maximum atomic E-state index is 9.54. The molecule has 0 saturated heterocycles. The van der Waals surface area contributed by atoms with E-state index in [1.165, 1.54) is 18.1 Å². The molecule has 0 aliphatic carbocycles. The summed E-state index contributed by atoms with van der Waals surface area (Å²) in [5, 5.41) is 19.0. The van der Waals surface area contributed by atoms with Gasteiger partial charge in [-0.1, -0.05) is 11.6 Å². The molecule has 1 aromatic heterocycles. The maximum Gasteiger partial charge on any atom is 0.224 e. The second kappa shape index (κ2) is 6.66. The van der Waals surface area contributed by atoms with Crippen molar-refractivity contribution in [2.75, 3.05) is 4.72 Å². The normalized spacial score (nSPS) is 10.1. The van der Waals surface area contributed by atoms with Gasteiger partial charge in [-0.15, -0.1) is 0 Å². The minimum absolute atomic E-state index is 0.0374. The van der Waals surface area contributed by atoms with Gasteiger partial charge >= 0.3 is 0 Å². The molecule has 0 fully saturated rings. The first kappa shape index (κ1) is 14.7. The molecule has 5 nitrogen and oxygen atoms in total. The molecule has 0 radical (unpaired) electrons. The van der Waals surface area contributed by atoms with Gasteiger partial charge < -0.3 is 9.83 Å². The third-order valence-electron chi connectivity index (χ3n) is 2.31. The fourth-order valence-corrected chi connectivity index (χ4v) is 2.52. The van der Waals surface area contributed by atoms with Gasteiger partial charge in [0.05, 0.1) is 17.8 Å². The zero-order valence-corrected chi connectivity index (χ0v) is 12.3. The van der Waals surface area contributed by atoms with Crippen molar-refractivity contribution in [3.63, 3.8) is 0 Å². The zero-order valence-electron chi connectivity index (χ0n) is 9.97. The highest BCUT2D eigenvalue weighted by Crippen LogP contribution is 2.27. The van der Waals surface area contributed by atoms with Crippen molar-refractivity contribution >= 4 is 41.0 Å². The Balaban J connectivity index is 2.03. The highest BCUT2D eigenvalue weighted by atomic mass is 35.5. The fraction of sp³-hybridized carbons (Fsp3) is 0.0833. The molecule has 0 amide bonds. The van der Waals surface area contributed by atoms with Crippen LogP contribution in [0.1, 0.15) is 11.1 Å². The average molecular weight is 327 g/mol. The van der Waals surface area contributed by atoms with E-state index in [0.29, 0.717) is 16.3 Å². The van der Waals surface area contributed by atoms with Crippen LogP contribution in [0.5, 0.6) is 5.75 Å². The number of aromatic nitrogens is 2. The van der Waals surface area contributed by atoms with Crippen LogP contribution in [-0.2, 0) is 5.75 Å². The molecule has 0 atom stereocenters. The highest BCUT2D eigenvalue weighted by molar-refractivity contribution is 7.99. The topological polar surface area (TPSA) is 81.8 Å². The Kier molecular flexibility index (Phi) is 4.90. The van der Waals surface area contributed by atoms with E-state index in [9.17, 15) is 5.11 Å². The summed E-state index contributed by atoms with van der Waals surface area (Å²) in [7, 11) is 0. The lowest BCUT2D eigenvalue weighted by Crippen LogP contribution is -1.95. The Morgan fingerprint density at radius 2 is 2.20 bits per heavy atom. The van der Waals surface area contributed by atoms with E-state index in [1.807, 2.05) is 0 Å². The van der Waals surface area contributed by atoms with Crippen LogP contribution in [0.25, 0.3) is 0 Å².